The zero-order valence-corrected chi connectivity index (χ0v) is 21.3. The lowest BCUT2D eigenvalue weighted by Gasteiger charge is -2.29. The van der Waals surface area contributed by atoms with Crippen LogP contribution in [-0.2, 0) is 21.0 Å². The number of anilines is 2. The van der Waals surface area contributed by atoms with Crippen LogP contribution in [0.1, 0.15) is 23.6 Å². The van der Waals surface area contributed by atoms with Gasteiger partial charge < -0.3 is 14.8 Å². The van der Waals surface area contributed by atoms with E-state index in [2.05, 4.69) is 10.6 Å². The number of nitrogens with zero attached hydrogens (tertiary/aromatic N) is 1. The molecule has 3 aromatic rings. The minimum absolute atomic E-state index is 0.0318. The van der Waals surface area contributed by atoms with E-state index in [1.165, 1.54) is 17.9 Å². The highest BCUT2D eigenvalue weighted by molar-refractivity contribution is 7.80. The highest BCUT2D eigenvalue weighted by Crippen LogP contribution is 2.26. The number of benzene rings is 3. The molecule has 0 saturated carbocycles. The van der Waals surface area contributed by atoms with Crippen molar-refractivity contribution in [3.8, 4) is 11.5 Å². The number of methoxy groups -OCH3 is 1. The van der Waals surface area contributed by atoms with Crippen LogP contribution in [-0.4, -0.2) is 29.9 Å². The average Bonchev–Trinajstić information content (AvgIpc) is 2.87. The fraction of sp³-hybridized carbons (Fsp3) is 0.143. The van der Waals surface area contributed by atoms with Crippen LogP contribution < -0.4 is 25.0 Å². The molecule has 1 heterocycles. The summed E-state index contributed by atoms with van der Waals surface area (Å²) in [5.41, 5.74) is 3.57. The summed E-state index contributed by atoms with van der Waals surface area (Å²) < 4.78 is 11.4. The smallest absolute Gasteiger partial charge is 0.270 e. The predicted octanol–water partition coefficient (Wildman–Crippen LogP) is 4.37. The molecule has 0 radical (unpaired) electrons. The molecule has 0 spiro atoms. The molecule has 1 aliphatic rings. The third kappa shape index (κ3) is 6.02. The van der Waals surface area contributed by atoms with E-state index >= 15 is 0 Å². The zero-order valence-electron chi connectivity index (χ0n) is 20.5. The zero-order chi connectivity index (χ0) is 26.5. The topological polar surface area (TPSA) is 97.0 Å². The molecule has 2 N–H and O–H groups in total. The van der Waals surface area contributed by atoms with Gasteiger partial charge in [0.1, 0.15) is 23.7 Å². The van der Waals surface area contributed by atoms with Crippen molar-refractivity contribution >= 4 is 52.5 Å². The Hall–Kier alpha value is -4.50. The van der Waals surface area contributed by atoms with Gasteiger partial charge in [-0.25, -0.2) is 0 Å². The summed E-state index contributed by atoms with van der Waals surface area (Å²) in [5.74, 6) is -0.0297. The SMILES string of the molecule is COc1ccc(/C=C2/C(=O)NC(=S)N(c3ccc(C)cc3)C2=O)cc1COc1ccc(NC(C)=O)cc1. The third-order valence-corrected chi connectivity index (χ3v) is 5.86. The highest BCUT2D eigenvalue weighted by Gasteiger charge is 2.34. The summed E-state index contributed by atoms with van der Waals surface area (Å²) in [7, 11) is 1.55. The molecule has 0 bridgehead atoms. The number of carbonyl (C=O) groups is 3. The molecule has 37 heavy (non-hydrogen) atoms. The molecule has 1 aliphatic heterocycles. The minimum atomic E-state index is -0.564. The number of amides is 3. The number of ether oxygens (including phenoxy) is 2. The molecule has 0 atom stereocenters. The van der Waals surface area contributed by atoms with Crippen LogP contribution in [0.4, 0.5) is 11.4 Å². The number of carbonyl (C=O) groups excluding carboxylic acids is 3. The molecule has 3 aromatic carbocycles. The van der Waals surface area contributed by atoms with Crippen molar-refractivity contribution in [1.82, 2.24) is 5.32 Å². The number of thiocarbonyl (C=S) groups is 1. The van der Waals surface area contributed by atoms with E-state index in [9.17, 15) is 14.4 Å². The standard InChI is InChI=1S/C28H25N3O5S/c1-17-4-9-22(10-5-17)31-27(34)24(26(33)30-28(31)37)15-19-6-13-25(35-3)20(14-19)16-36-23-11-7-21(8-12-23)29-18(2)32/h4-15H,16H2,1-3H3,(H,29,32)(H,30,33,37)/b24-15-. The summed E-state index contributed by atoms with van der Waals surface area (Å²) in [6, 6.07) is 19.6. The van der Waals surface area contributed by atoms with Gasteiger partial charge in [-0.2, -0.15) is 0 Å². The van der Waals surface area contributed by atoms with E-state index in [1.54, 1.807) is 61.7 Å². The van der Waals surface area contributed by atoms with Crippen molar-refractivity contribution in [2.45, 2.75) is 20.5 Å². The quantitative estimate of drug-likeness (QED) is 0.276. The molecule has 1 fully saturated rings. The van der Waals surface area contributed by atoms with E-state index in [-0.39, 0.29) is 23.2 Å². The van der Waals surface area contributed by atoms with Gasteiger partial charge in [-0.3, -0.25) is 24.6 Å². The lowest BCUT2D eigenvalue weighted by molar-refractivity contribution is -0.122. The van der Waals surface area contributed by atoms with Gasteiger partial charge in [-0.15, -0.1) is 0 Å². The van der Waals surface area contributed by atoms with Crippen molar-refractivity contribution in [2.75, 3.05) is 17.3 Å². The first-order valence-corrected chi connectivity index (χ1v) is 11.8. The van der Waals surface area contributed by atoms with Crippen molar-refractivity contribution in [3.05, 3.63) is 89.0 Å². The molecule has 0 aliphatic carbocycles. The second-order valence-electron chi connectivity index (χ2n) is 8.36. The number of hydrogen-bond acceptors (Lipinski definition) is 6. The van der Waals surface area contributed by atoms with Gasteiger partial charge >= 0.3 is 0 Å². The van der Waals surface area contributed by atoms with Gasteiger partial charge in [0.15, 0.2) is 5.11 Å². The van der Waals surface area contributed by atoms with E-state index in [0.29, 0.717) is 28.4 Å². The Labute approximate surface area is 219 Å². The molecule has 3 amide bonds. The average molecular weight is 516 g/mol. The number of hydrogen-bond donors (Lipinski definition) is 2. The van der Waals surface area contributed by atoms with Gasteiger partial charge in [-0.05, 0) is 79.3 Å². The monoisotopic (exact) mass is 515 g/mol. The number of aryl methyl sites for hydroxylation is 1. The van der Waals surface area contributed by atoms with Gasteiger partial charge in [0.25, 0.3) is 11.8 Å². The van der Waals surface area contributed by atoms with Crippen LogP contribution >= 0.6 is 12.2 Å². The second kappa shape index (κ2) is 11.0. The van der Waals surface area contributed by atoms with Crippen molar-refractivity contribution in [3.63, 3.8) is 0 Å². The highest BCUT2D eigenvalue weighted by atomic mass is 32.1. The van der Waals surface area contributed by atoms with Crippen LogP contribution in [0.5, 0.6) is 11.5 Å². The fourth-order valence-electron chi connectivity index (χ4n) is 3.75. The fourth-order valence-corrected chi connectivity index (χ4v) is 4.03. The Morgan fingerprint density at radius 3 is 2.41 bits per heavy atom. The Bertz CT molecular complexity index is 1400. The summed E-state index contributed by atoms with van der Waals surface area (Å²) in [6.45, 7) is 3.57. The molecule has 0 aromatic heterocycles. The molecule has 188 valence electrons. The summed E-state index contributed by atoms with van der Waals surface area (Å²) in [4.78, 5) is 38.5. The molecule has 8 nitrogen and oxygen atoms in total. The normalized spacial score (nSPS) is 14.4. The van der Waals surface area contributed by atoms with Crippen molar-refractivity contribution in [2.24, 2.45) is 0 Å². The van der Waals surface area contributed by atoms with Gasteiger partial charge in [-0.1, -0.05) is 23.8 Å². The maximum Gasteiger partial charge on any atom is 0.270 e. The van der Waals surface area contributed by atoms with Gasteiger partial charge in [0, 0.05) is 18.2 Å². The molecule has 4 rings (SSSR count). The molecule has 1 saturated heterocycles. The van der Waals surface area contributed by atoms with Crippen molar-refractivity contribution < 1.29 is 23.9 Å². The first-order valence-electron chi connectivity index (χ1n) is 11.4. The van der Waals surface area contributed by atoms with Crippen LogP contribution in [0.3, 0.4) is 0 Å². The van der Waals surface area contributed by atoms with Crippen molar-refractivity contribution in [1.29, 1.82) is 0 Å². The molecular formula is C28H25N3O5S. The summed E-state index contributed by atoms with van der Waals surface area (Å²) in [6.07, 6.45) is 1.52. The Morgan fingerprint density at radius 2 is 1.76 bits per heavy atom. The van der Waals surface area contributed by atoms with E-state index in [4.69, 9.17) is 21.7 Å². The van der Waals surface area contributed by atoms with E-state index in [1.807, 2.05) is 19.1 Å². The lowest BCUT2D eigenvalue weighted by Crippen LogP contribution is -2.54. The Balaban J connectivity index is 1.57. The van der Waals surface area contributed by atoms with Gasteiger partial charge in [0.2, 0.25) is 5.91 Å². The number of rotatable bonds is 7. The van der Waals surface area contributed by atoms with Crippen LogP contribution in [0.25, 0.3) is 6.08 Å². The minimum Gasteiger partial charge on any atom is -0.496 e. The third-order valence-electron chi connectivity index (χ3n) is 5.58. The van der Waals surface area contributed by atoms with Crippen LogP contribution in [0, 0.1) is 6.92 Å². The Morgan fingerprint density at radius 1 is 1.05 bits per heavy atom. The largest absolute Gasteiger partial charge is 0.496 e. The molecule has 9 heteroatoms. The molecular weight excluding hydrogens is 490 g/mol. The maximum absolute atomic E-state index is 13.3. The van der Waals surface area contributed by atoms with E-state index in [0.717, 1.165) is 11.1 Å². The van der Waals surface area contributed by atoms with Crippen LogP contribution in [0.2, 0.25) is 0 Å². The lowest BCUT2D eigenvalue weighted by atomic mass is 10.0. The van der Waals surface area contributed by atoms with Gasteiger partial charge in [0.05, 0.1) is 12.8 Å². The first-order chi connectivity index (χ1) is 17.7. The summed E-state index contributed by atoms with van der Waals surface area (Å²) >= 11 is 5.27. The maximum atomic E-state index is 13.3. The summed E-state index contributed by atoms with van der Waals surface area (Å²) in [5, 5.41) is 5.33. The van der Waals surface area contributed by atoms with Crippen LogP contribution in [0.15, 0.2) is 72.3 Å². The second-order valence-corrected chi connectivity index (χ2v) is 8.75. The first kappa shape index (κ1) is 25.6. The van der Waals surface area contributed by atoms with E-state index < -0.39 is 11.8 Å². The predicted molar refractivity (Wildman–Crippen MR) is 145 cm³/mol. The Kier molecular flexibility index (Phi) is 7.64. The molecule has 0 unspecified atom stereocenters. The number of nitrogens with one attached hydrogen (secondary N) is 2.